The second-order valence-corrected chi connectivity index (χ2v) is 6.36. The third kappa shape index (κ3) is 2.83. The quantitative estimate of drug-likeness (QED) is 0.835. The molecule has 2 aromatic rings. The van der Waals surface area contributed by atoms with E-state index >= 15 is 0 Å². The summed E-state index contributed by atoms with van der Waals surface area (Å²) in [5.74, 6) is 0. The summed E-state index contributed by atoms with van der Waals surface area (Å²) in [4.78, 5) is 8.94. The van der Waals surface area contributed by atoms with E-state index in [0.717, 1.165) is 6.54 Å². The van der Waals surface area contributed by atoms with E-state index in [9.17, 15) is 0 Å². The zero-order valence-electron chi connectivity index (χ0n) is 9.18. The summed E-state index contributed by atoms with van der Waals surface area (Å²) in [6, 6.07) is 4.69. The molecule has 0 aliphatic heterocycles. The monoisotopic (exact) mass is 272 g/mol. The summed E-state index contributed by atoms with van der Waals surface area (Å²) < 4.78 is 0.618. The van der Waals surface area contributed by atoms with E-state index in [1.807, 2.05) is 6.20 Å². The summed E-state index contributed by atoms with van der Waals surface area (Å²) in [5, 5.41) is 2.11. The molecule has 0 saturated carbocycles. The van der Waals surface area contributed by atoms with Gasteiger partial charge in [0.1, 0.15) is 0 Å². The molecule has 5 heteroatoms. The standard InChI is InChI=1S/C11H13ClN2S2/c1-8(10-4-3-5-15-10)14(2)7-9-6-13-11(12)16-9/h3-6,8H,7H2,1-2H3. The number of thiazole rings is 1. The van der Waals surface area contributed by atoms with Crippen LogP contribution >= 0.6 is 34.3 Å². The van der Waals surface area contributed by atoms with E-state index in [-0.39, 0.29) is 0 Å². The molecule has 0 aliphatic rings. The smallest absolute Gasteiger partial charge is 0.183 e. The minimum absolute atomic E-state index is 0.431. The van der Waals surface area contributed by atoms with Crippen LogP contribution in [-0.4, -0.2) is 16.9 Å². The lowest BCUT2D eigenvalue weighted by molar-refractivity contribution is 0.258. The van der Waals surface area contributed by atoms with Crippen molar-refractivity contribution in [2.24, 2.45) is 0 Å². The van der Waals surface area contributed by atoms with Gasteiger partial charge >= 0.3 is 0 Å². The maximum absolute atomic E-state index is 5.81. The Labute approximate surface area is 109 Å². The third-order valence-corrected chi connectivity index (χ3v) is 4.69. The van der Waals surface area contributed by atoms with Gasteiger partial charge < -0.3 is 0 Å². The van der Waals surface area contributed by atoms with Crippen molar-refractivity contribution in [3.63, 3.8) is 0 Å². The highest BCUT2D eigenvalue weighted by molar-refractivity contribution is 7.15. The van der Waals surface area contributed by atoms with Crippen molar-refractivity contribution in [3.8, 4) is 0 Å². The first-order valence-corrected chi connectivity index (χ1v) is 7.08. The second-order valence-electron chi connectivity index (χ2n) is 3.69. The Morgan fingerprint density at radius 3 is 2.94 bits per heavy atom. The van der Waals surface area contributed by atoms with Gasteiger partial charge in [0.25, 0.3) is 0 Å². The predicted octanol–water partition coefficient (Wildman–Crippen LogP) is 4.05. The first-order valence-electron chi connectivity index (χ1n) is 5.00. The number of thiophene rings is 1. The molecule has 16 heavy (non-hydrogen) atoms. The number of hydrogen-bond donors (Lipinski definition) is 0. The molecular formula is C11H13ClN2S2. The van der Waals surface area contributed by atoms with Gasteiger partial charge in [-0.25, -0.2) is 4.98 Å². The van der Waals surface area contributed by atoms with Crippen LogP contribution in [0.3, 0.4) is 0 Å². The molecule has 0 amide bonds. The summed E-state index contributed by atoms with van der Waals surface area (Å²) in [6.45, 7) is 3.11. The Morgan fingerprint density at radius 2 is 2.38 bits per heavy atom. The Kier molecular flexibility index (Phi) is 3.97. The van der Waals surface area contributed by atoms with Crippen molar-refractivity contribution in [2.75, 3.05) is 7.05 Å². The van der Waals surface area contributed by atoms with Crippen LogP contribution in [0, 0.1) is 0 Å². The summed E-state index contributed by atoms with van der Waals surface area (Å²) in [7, 11) is 2.12. The van der Waals surface area contributed by atoms with Crippen molar-refractivity contribution in [3.05, 3.63) is 37.9 Å². The Bertz CT molecular complexity index is 439. The molecule has 1 atom stereocenters. The highest BCUT2D eigenvalue weighted by Crippen LogP contribution is 2.26. The molecule has 0 bridgehead atoms. The minimum atomic E-state index is 0.431. The zero-order valence-corrected chi connectivity index (χ0v) is 11.6. The zero-order chi connectivity index (χ0) is 11.5. The van der Waals surface area contributed by atoms with E-state index < -0.39 is 0 Å². The first-order chi connectivity index (χ1) is 7.66. The van der Waals surface area contributed by atoms with Crippen molar-refractivity contribution in [1.29, 1.82) is 0 Å². The molecule has 2 nitrogen and oxygen atoms in total. The van der Waals surface area contributed by atoms with Crippen LogP contribution in [0.25, 0.3) is 0 Å². The van der Waals surface area contributed by atoms with Crippen molar-refractivity contribution < 1.29 is 0 Å². The Morgan fingerprint density at radius 1 is 1.56 bits per heavy atom. The molecule has 2 aromatic heterocycles. The van der Waals surface area contributed by atoms with Crippen LogP contribution in [0.15, 0.2) is 23.7 Å². The second kappa shape index (κ2) is 5.27. The first kappa shape index (κ1) is 12.0. The number of halogens is 1. The molecular weight excluding hydrogens is 260 g/mol. The van der Waals surface area contributed by atoms with Gasteiger partial charge in [-0.3, -0.25) is 4.90 Å². The van der Waals surface area contributed by atoms with Gasteiger partial charge in [-0.05, 0) is 25.4 Å². The highest BCUT2D eigenvalue weighted by Gasteiger charge is 2.13. The lowest BCUT2D eigenvalue weighted by atomic mass is 10.2. The SMILES string of the molecule is CC(c1cccs1)N(C)Cc1cnc(Cl)s1. The molecule has 0 N–H and O–H groups in total. The fourth-order valence-corrected chi connectivity index (χ4v) is 3.38. The molecule has 2 rings (SSSR count). The van der Waals surface area contributed by atoms with Gasteiger partial charge in [0.05, 0.1) is 0 Å². The lowest BCUT2D eigenvalue weighted by Crippen LogP contribution is -2.20. The number of rotatable bonds is 4. The summed E-state index contributed by atoms with van der Waals surface area (Å²) >= 11 is 9.16. The fraction of sp³-hybridized carbons (Fsp3) is 0.364. The lowest BCUT2D eigenvalue weighted by Gasteiger charge is -2.22. The number of hydrogen-bond acceptors (Lipinski definition) is 4. The number of aromatic nitrogens is 1. The van der Waals surface area contributed by atoms with Gasteiger partial charge in [-0.2, -0.15) is 0 Å². The number of nitrogens with zero attached hydrogens (tertiary/aromatic N) is 2. The molecule has 0 aliphatic carbocycles. The van der Waals surface area contributed by atoms with E-state index in [2.05, 4.69) is 41.4 Å². The molecule has 86 valence electrons. The van der Waals surface area contributed by atoms with Crippen LogP contribution < -0.4 is 0 Å². The van der Waals surface area contributed by atoms with Crippen LogP contribution in [0.1, 0.15) is 22.7 Å². The van der Waals surface area contributed by atoms with Gasteiger partial charge in [0.15, 0.2) is 4.47 Å². The molecule has 0 saturated heterocycles. The largest absolute Gasteiger partial charge is 0.294 e. The highest BCUT2D eigenvalue weighted by atomic mass is 35.5. The van der Waals surface area contributed by atoms with Gasteiger partial charge in [0.2, 0.25) is 0 Å². The topological polar surface area (TPSA) is 16.1 Å². The van der Waals surface area contributed by atoms with E-state index in [1.165, 1.54) is 9.75 Å². The van der Waals surface area contributed by atoms with E-state index in [1.54, 1.807) is 22.7 Å². The summed E-state index contributed by atoms with van der Waals surface area (Å²) in [6.07, 6.45) is 1.85. The van der Waals surface area contributed by atoms with Gasteiger partial charge in [-0.15, -0.1) is 22.7 Å². The van der Waals surface area contributed by atoms with Crippen LogP contribution in [0.5, 0.6) is 0 Å². The Hall–Kier alpha value is -0.420. The normalized spacial score (nSPS) is 13.2. The third-order valence-electron chi connectivity index (χ3n) is 2.55. The molecule has 1 unspecified atom stereocenters. The average Bonchev–Trinajstić information content (AvgIpc) is 2.88. The predicted molar refractivity (Wildman–Crippen MR) is 71.3 cm³/mol. The maximum Gasteiger partial charge on any atom is 0.183 e. The molecule has 0 fully saturated rings. The van der Waals surface area contributed by atoms with Gasteiger partial charge in [0, 0.05) is 28.5 Å². The minimum Gasteiger partial charge on any atom is -0.294 e. The maximum atomic E-state index is 5.81. The van der Waals surface area contributed by atoms with Gasteiger partial charge in [-0.1, -0.05) is 17.7 Å². The van der Waals surface area contributed by atoms with Crippen LogP contribution in [-0.2, 0) is 6.54 Å². The Balaban J connectivity index is 2.00. The molecule has 0 radical (unpaired) electrons. The van der Waals surface area contributed by atoms with E-state index in [4.69, 9.17) is 11.6 Å². The molecule has 0 aromatic carbocycles. The van der Waals surface area contributed by atoms with E-state index in [0.29, 0.717) is 10.5 Å². The average molecular weight is 273 g/mol. The van der Waals surface area contributed by atoms with Crippen LogP contribution in [0.4, 0.5) is 0 Å². The fourth-order valence-electron chi connectivity index (χ4n) is 1.49. The summed E-state index contributed by atoms with van der Waals surface area (Å²) in [5.41, 5.74) is 0. The van der Waals surface area contributed by atoms with Crippen molar-refractivity contribution in [1.82, 2.24) is 9.88 Å². The van der Waals surface area contributed by atoms with Crippen molar-refractivity contribution in [2.45, 2.75) is 19.5 Å². The molecule has 2 heterocycles. The van der Waals surface area contributed by atoms with Crippen LogP contribution in [0.2, 0.25) is 4.47 Å². The van der Waals surface area contributed by atoms with Crippen molar-refractivity contribution >= 4 is 34.3 Å². The molecule has 0 spiro atoms.